The lowest BCUT2D eigenvalue weighted by Crippen LogP contribution is -2.04. The Hall–Kier alpha value is -0.540. The van der Waals surface area contributed by atoms with Gasteiger partial charge in [0.15, 0.2) is 0 Å². The van der Waals surface area contributed by atoms with E-state index in [9.17, 15) is 0 Å². The summed E-state index contributed by atoms with van der Waals surface area (Å²) in [6, 6.07) is 7.81. The molecule has 1 unspecified atom stereocenters. The molecule has 1 aromatic rings. The second kappa shape index (κ2) is 3.46. The molecule has 0 N–H and O–H groups in total. The van der Waals surface area contributed by atoms with E-state index in [1.54, 1.807) is 0 Å². The summed E-state index contributed by atoms with van der Waals surface area (Å²) in [5, 5.41) is 0. The maximum Gasteiger partial charge on any atom is 0.133 e. The fourth-order valence-corrected chi connectivity index (χ4v) is 1.31. The number of para-hydroxylation sites is 1. The molecule has 0 bridgehead atoms. The Kier molecular flexibility index (Phi) is 2.33. The van der Waals surface area contributed by atoms with Gasteiger partial charge in [0.1, 0.15) is 18.5 Å². The summed E-state index contributed by atoms with van der Waals surface area (Å²) in [6.07, 6.45) is 0.317. The van der Waals surface area contributed by atoms with Crippen LogP contribution in [0.15, 0.2) is 28.7 Å². The van der Waals surface area contributed by atoms with Gasteiger partial charge in [-0.3, -0.25) is 0 Å². The van der Waals surface area contributed by atoms with Crippen molar-refractivity contribution < 1.29 is 9.47 Å². The van der Waals surface area contributed by atoms with Crippen molar-refractivity contribution in [2.75, 3.05) is 13.2 Å². The fraction of sp³-hybridized carbons (Fsp3) is 0.333. The molecule has 1 atom stereocenters. The molecule has 0 aliphatic carbocycles. The van der Waals surface area contributed by atoms with Gasteiger partial charge in [-0.15, -0.1) is 0 Å². The Labute approximate surface area is 79.6 Å². The fourth-order valence-electron chi connectivity index (χ4n) is 0.909. The van der Waals surface area contributed by atoms with E-state index in [2.05, 4.69) is 15.9 Å². The van der Waals surface area contributed by atoms with Gasteiger partial charge < -0.3 is 9.47 Å². The van der Waals surface area contributed by atoms with Crippen molar-refractivity contribution in [1.82, 2.24) is 0 Å². The van der Waals surface area contributed by atoms with Crippen LogP contribution < -0.4 is 4.74 Å². The Morgan fingerprint density at radius 1 is 1.50 bits per heavy atom. The maximum atomic E-state index is 5.49. The molecular weight excluding hydrogens is 220 g/mol. The van der Waals surface area contributed by atoms with E-state index >= 15 is 0 Å². The molecule has 1 heterocycles. The van der Waals surface area contributed by atoms with Gasteiger partial charge in [0, 0.05) is 0 Å². The van der Waals surface area contributed by atoms with Gasteiger partial charge in [-0.1, -0.05) is 12.1 Å². The van der Waals surface area contributed by atoms with Crippen molar-refractivity contribution in [1.29, 1.82) is 0 Å². The number of benzene rings is 1. The molecule has 0 saturated carbocycles. The molecule has 1 aromatic carbocycles. The maximum absolute atomic E-state index is 5.49. The number of hydrogen-bond donors (Lipinski definition) is 0. The lowest BCUT2D eigenvalue weighted by molar-refractivity contribution is 0.262. The normalized spacial score (nSPS) is 20.6. The molecule has 0 amide bonds. The predicted molar refractivity (Wildman–Crippen MR) is 49.4 cm³/mol. The highest BCUT2D eigenvalue weighted by Crippen LogP contribution is 2.24. The minimum atomic E-state index is 0.317. The van der Waals surface area contributed by atoms with Crippen LogP contribution in [0.1, 0.15) is 0 Å². The molecule has 3 heteroatoms. The number of ether oxygens (including phenoxy) is 2. The molecular formula is C9H9BrO2. The highest BCUT2D eigenvalue weighted by atomic mass is 79.9. The quantitative estimate of drug-likeness (QED) is 0.741. The third-order valence-corrected chi connectivity index (χ3v) is 2.32. The first-order valence-corrected chi connectivity index (χ1v) is 4.64. The lowest BCUT2D eigenvalue weighted by atomic mass is 10.3. The van der Waals surface area contributed by atoms with Crippen LogP contribution in [0.25, 0.3) is 0 Å². The van der Waals surface area contributed by atoms with Crippen molar-refractivity contribution in [3.05, 3.63) is 28.7 Å². The lowest BCUT2D eigenvalue weighted by Gasteiger charge is -2.04. The van der Waals surface area contributed by atoms with Gasteiger partial charge in [-0.2, -0.15) is 0 Å². The van der Waals surface area contributed by atoms with Crippen LogP contribution in [0.2, 0.25) is 0 Å². The first-order chi connectivity index (χ1) is 5.86. The second-order valence-electron chi connectivity index (χ2n) is 2.70. The van der Waals surface area contributed by atoms with Crippen molar-refractivity contribution >= 4 is 15.9 Å². The van der Waals surface area contributed by atoms with Crippen LogP contribution in [-0.4, -0.2) is 19.3 Å². The minimum absolute atomic E-state index is 0.317. The highest BCUT2D eigenvalue weighted by Gasteiger charge is 2.23. The zero-order valence-electron chi connectivity index (χ0n) is 6.50. The van der Waals surface area contributed by atoms with Gasteiger partial charge in [0.2, 0.25) is 0 Å². The Balaban J connectivity index is 1.96. The molecule has 12 heavy (non-hydrogen) atoms. The second-order valence-corrected chi connectivity index (χ2v) is 3.55. The van der Waals surface area contributed by atoms with Crippen LogP contribution in [-0.2, 0) is 4.74 Å². The van der Waals surface area contributed by atoms with Gasteiger partial charge in [-0.25, -0.2) is 0 Å². The van der Waals surface area contributed by atoms with Crippen molar-refractivity contribution in [3.63, 3.8) is 0 Å². The van der Waals surface area contributed by atoms with Gasteiger partial charge >= 0.3 is 0 Å². The SMILES string of the molecule is Brc1ccccc1OCC1CO1. The monoisotopic (exact) mass is 228 g/mol. The molecule has 1 aliphatic rings. The summed E-state index contributed by atoms with van der Waals surface area (Å²) < 4.78 is 11.5. The predicted octanol–water partition coefficient (Wildman–Crippen LogP) is 2.23. The van der Waals surface area contributed by atoms with E-state index in [0.717, 1.165) is 16.8 Å². The van der Waals surface area contributed by atoms with E-state index in [4.69, 9.17) is 9.47 Å². The van der Waals surface area contributed by atoms with Gasteiger partial charge in [0.25, 0.3) is 0 Å². The topological polar surface area (TPSA) is 21.8 Å². The van der Waals surface area contributed by atoms with E-state index in [1.165, 1.54) is 0 Å². The van der Waals surface area contributed by atoms with Crippen LogP contribution >= 0.6 is 15.9 Å². The first kappa shape index (κ1) is 8.08. The molecule has 1 fully saturated rings. The third kappa shape index (κ3) is 1.99. The average molecular weight is 229 g/mol. The first-order valence-electron chi connectivity index (χ1n) is 3.85. The van der Waals surface area contributed by atoms with Crippen molar-refractivity contribution in [2.24, 2.45) is 0 Å². The molecule has 0 spiro atoms. The zero-order valence-corrected chi connectivity index (χ0v) is 8.08. The molecule has 0 radical (unpaired) electrons. The van der Waals surface area contributed by atoms with E-state index < -0.39 is 0 Å². The van der Waals surface area contributed by atoms with Crippen LogP contribution in [0.3, 0.4) is 0 Å². The summed E-state index contributed by atoms with van der Waals surface area (Å²) in [7, 11) is 0. The van der Waals surface area contributed by atoms with Gasteiger partial charge in [-0.05, 0) is 28.1 Å². The number of hydrogen-bond acceptors (Lipinski definition) is 2. The van der Waals surface area contributed by atoms with Crippen LogP contribution in [0.5, 0.6) is 5.75 Å². The highest BCUT2D eigenvalue weighted by molar-refractivity contribution is 9.10. The minimum Gasteiger partial charge on any atom is -0.490 e. The number of epoxide rings is 1. The summed E-state index contributed by atoms with van der Waals surface area (Å²) >= 11 is 3.40. The third-order valence-electron chi connectivity index (χ3n) is 1.66. The van der Waals surface area contributed by atoms with E-state index in [-0.39, 0.29) is 0 Å². The van der Waals surface area contributed by atoms with E-state index in [1.807, 2.05) is 24.3 Å². The molecule has 1 aliphatic heterocycles. The van der Waals surface area contributed by atoms with Crippen LogP contribution in [0, 0.1) is 0 Å². The van der Waals surface area contributed by atoms with Gasteiger partial charge in [0.05, 0.1) is 11.1 Å². The standard InChI is InChI=1S/C9H9BrO2/c10-8-3-1-2-4-9(8)12-6-7-5-11-7/h1-4,7H,5-6H2. The molecule has 0 aromatic heterocycles. The summed E-state index contributed by atoms with van der Waals surface area (Å²) in [5.41, 5.74) is 0. The Morgan fingerprint density at radius 2 is 2.25 bits per heavy atom. The average Bonchev–Trinajstić information content (AvgIpc) is 2.86. The van der Waals surface area contributed by atoms with Crippen LogP contribution in [0.4, 0.5) is 0 Å². The summed E-state index contributed by atoms with van der Waals surface area (Å²) in [4.78, 5) is 0. The molecule has 1 saturated heterocycles. The summed E-state index contributed by atoms with van der Waals surface area (Å²) in [5.74, 6) is 0.882. The number of halogens is 1. The molecule has 2 nitrogen and oxygen atoms in total. The summed E-state index contributed by atoms with van der Waals surface area (Å²) in [6.45, 7) is 1.49. The van der Waals surface area contributed by atoms with E-state index in [0.29, 0.717) is 12.7 Å². The van der Waals surface area contributed by atoms with Crippen molar-refractivity contribution in [2.45, 2.75) is 6.10 Å². The molecule has 64 valence electrons. The Bertz CT molecular complexity index is 271. The zero-order chi connectivity index (χ0) is 8.39. The van der Waals surface area contributed by atoms with Crippen molar-refractivity contribution in [3.8, 4) is 5.75 Å². The molecule has 2 rings (SSSR count). The smallest absolute Gasteiger partial charge is 0.133 e. The largest absolute Gasteiger partial charge is 0.490 e. The number of rotatable bonds is 3. The Morgan fingerprint density at radius 3 is 2.92 bits per heavy atom.